The third kappa shape index (κ3) is 3.84. The summed E-state index contributed by atoms with van der Waals surface area (Å²) in [5.74, 6) is 0. The SMILES string of the molecule is [2H]c1c([2H])c([2H])c2c(-c3c4c([2H])c([2H])c([2H])c([2H])c4c(-c4ccccc4-c4cccc5c4oc4ccc6ccccc6c45)c4c([2H])c([2H])c([2H])c([2H])c34)c([2H])c([2H])c([2H])c2c1[2H]. The quantitative estimate of drug-likeness (QED) is 0.181. The van der Waals surface area contributed by atoms with Crippen LogP contribution >= 0.6 is 0 Å². The highest BCUT2D eigenvalue weighted by molar-refractivity contribution is 6.25. The van der Waals surface area contributed by atoms with Gasteiger partial charge in [-0.1, -0.05) is 163 Å². The normalized spacial score (nSPS) is 16.3. The summed E-state index contributed by atoms with van der Waals surface area (Å²) in [5.41, 5.74) is 1.69. The molecule has 0 saturated heterocycles. The lowest BCUT2D eigenvalue weighted by Crippen LogP contribution is -1.93. The Balaban J connectivity index is 1.47. The van der Waals surface area contributed by atoms with Gasteiger partial charge in [0.2, 0.25) is 0 Å². The minimum Gasteiger partial charge on any atom is -0.455 e. The van der Waals surface area contributed by atoms with Gasteiger partial charge in [0.05, 0.1) is 20.6 Å². The lowest BCUT2D eigenvalue weighted by atomic mass is 9.83. The van der Waals surface area contributed by atoms with Crippen LogP contribution in [0.4, 0.5) is 0 Å². The van der Waals surface area contributed by atoms with Crippen LogP contribution in [0, 0.1) is 0 Å². The van der Waals surface area contributed by atoms with E-state index < -0.39 is 107 Å². The van der Waals surface area contributed by atoms with Crippen molar-refractivity contribution >= 4 is 65.0 Å². The summed E-state index contributed by atoms with van der Waals surface area (Å²) in [4.78, 5) is 0. The molecule has 0 bridgehead atoms. The van der Waals surface area contributed by atoms with Gasteiger partial charge in [0, 0.05) is 16.3 Å². The van der Waals surface area contributed by atoms with Gasteiger partial charge in [0.25, 0.3) is 0 Å². The molecule has 0 radical (unpaired) electrons. The van der Waals surface area contributed by atoms with Crippen LogP contribution in [0.5, 0.6) is 0 Å². The van der Waals surface area contributed by atoms with E-state index in [1.807, 2.05) is 54.6 Å². The molecular weight excluding hydrogens is 569 g/mol. The van der Waals surface area contributed by atoms with E-state index in [2.05, 4.69) is 0 Å². The average Bonchev–Trinajstić information content (AvgIpc) is 3.68. The highest BCUT2D eigenvalue weighted by Gasteiger charge is 2.21. The van der Waals surface area contributed by atoms with Crippen molar-refractivity contribution < 1.29 is 25.0 Å². The molecule has 0 aliphatic heterocycles. The Kier molecular flexibility index (Phi) is 3.33. The van der Waals surface area contributed by atoms with Crippen LogP contribution in [0.2, 0.25) is 0 Å². The van der Waals surface area contributed by atoms with Crippen LogP contribution in [0.25, 0.3) is 98.4 Å². The van der Waals surface area contributed by atoms with Crippen LogP contribution in [0.3, 0.4) is 0 Å². The zero-order valence-electron chi connectivity index (χ0n) is 39.4. The van der Waals surface area contributed by atoms with Gasteiger partial charge in [-0.2, -0.15) is 0 Å². The Labute approximate surface area is 293 Å². The van der Waals surface area contributed by atoms with Gasteiger partial charge < -0.3 is 4.42 Å². The maximum atomic E-state index is 9.52. The predicted molar refractivity (Wildman–Crippen MR) is 200 cm³/mol. The largest absolute Gasteiger partial charge is 0.455 e. The van der Waals surface area contributed by atoms with E-state index in [4.69, 9.17) is 18.1 Å². The van der Waals surface area contributed by atoms with Crippen molar-refractivity contribution in [3.8, 4) is 33.4 Å². The molecule has 0 unspecified atom stereocenters. The molecule has 10 aromatic rings. The zero-order valence-corrected chi connectivity index (χ0v) is 24.4. The smallest absolute Gasteiger partial charge is 0.143 e. The van der Waals surface area contributed by atoms with Crippen LogP contribution in [-0.2, 0) is 0 Å². The minimum absolute atomic E-state index is 0.00728. The van der Waals surface area contributed by atoms with Crippen molar-refractivity contribution in [1.29, 1.82) is 0 Å². The van der Waals surface area contributed by atoms with Crippen LogP contribution < -0.4 is 0 Å². The molecule has 0 N–H and O–H groups in total. The summed E-state index contributed by atoms with van der Waals surface area (Å²) in [6, 6.07) is 14.0. The molecule has 0 aliphatic carbocycles. The lowest BCUT2D eigenvalue weighted by Gasteiger charge is -2.20. The summed E-state index contributed by atoms with van der Waals surface area (Å²) >= 11 is 0. The summed E-state index contributed by atoms with van der Waals surface area (Å²) < 4.78 is 142. The Bertz CT molecular complexity index is 3620. The fourth-order valence-corrected chi connectivity index (χ4v) is 6.86. The van der Waals surface area contributed by atoms with Crippen LogP contribution in [0.1, 0.15) is 20.6 Å². The van der Waals surface area contributed by atoms with Gasteiger partial charge in [-0.05, 0) is 77.0 Å². The maximum Gasteiger partial charge on any atom is 0.143 e. The number of hydrogen-bond acceptors (Lipinski definition) is 1. The van der Waals surface area contributed by atoms with Crippen molar-refractivity contribution in [2.75, 3.05) is 0 Å². The monoisotopic (exact) mass is 611 g/mol. The van der Waals surface area contributed by atoms with Gasteiger partial charge in [-0.15, -0.1) is 0 Å². The maximum absolute atomic E-state index is 9.52. The molecule has 0 aliphatic rings. The number of para-hydroxylation sites is 1. The van der Waals surface area contributed by atoms with E-state index >= 15 is 0 Å². The van der Waals surface area contributed by atoms with Crippen molar-refractivity contribution in [3.63, 3.8) is 0 Å². The fourth-order valence-electron chi connectivity index (χ4n) is 6.86. The molecule has 218 valence electrons. The summed E-state index contributed by atoms with van der Waals surface area (Å²) in [6.07, 6.45) is 0. The molecular formula is C46H28O. The van der Waals surface area contributed by atoms with E-state index in [1.165, 1.54) is 0 Å². The average molecular weight is 612 g/mol. The minimum atomic E-state index is -0.762. The van der Waals surface area contributed by atoms with Crippen molar-refractivity contribution in [2.45, 2.75) is 0 Å². The highest BCUT2D eigenvalue weighted by atomic mass is 16.3. The zero-order chi connectivity index (χ0) is 44.0. The fraction of sp³-hybridized carbons (Fsp3) is 0. The topological polar surface area (TPSA) is 13.1 Å². The molecule has 1 heteroatoms. The predicted octanol–water partition coefficient (Wildman–Crippen LogP) is 13.2. The molecule has 1 heterocycles. The number of fused-ring (bicyclic) bond motifs is 8. The lowest BCUT2D eigenvalue weighted by molar-refractivity contribution is 0.670. The second-order valence-electron chi connectivity index (χ2n) is 11.2. The van der Waals surface area contributed by atoms with Gasteiger partial charge >= 0.3 is 0 Å². The number of furan rings is 1. The molecule has 10 rings (SSSR count). The van der Waals surface area contributed by atoms with E-state index in [1.54, 1.807) is 24.3 Å². The Morgan fingerprint density at radius 3 is 1.70 bits per heavy atom. The van der Waals surface area contributed by atoms with E-state index in [0.717, 1.165) is 21.5 Å². The first-order chi connectivity index (χ1) is 29.6. The first-order valence-electron chi connectivity index (χ1n) is 22.5. The summed E-state index contributed by atoms with van der Waals surface area (Å²) in [6.45, 7) is 0. The molecule has 0 spiro atoms. The van der Waals surface area contributed by atoms with Crippen LogP contribution in [0.15, 0.2) is 174 Å². The molecule has 0 saturated carbocycles. The molecule has 9 aromatic carbocycles. The molecule has 47 heavy (non-hydrogen) atoms. The van der Waals surface area contributed by atoms with Gasteiger partial charge in [-0.3, -0.25) is 0 Å². The van der Waals surface area contributed by atoms with Crippen molar-refractivity contribution in [1.82, 2.24) is 0 Å². The van der Waals surface area contributed by atoms with Gasteiger partial charge in [-0.25, -0.2) is 0 Å². The Morgan fingerprint density at radius 1 is 0.362 bits per heavy atom. The van der Waals surface area contributed by atoms with E-state index in [9.17, 15) is 6.85 Å². The second-order valence-corrected chi connectivity index (χ2v) is 11.2. The molecule has 0 fully saturated rings. The molecule has 0 atom stereocenters. The Morgan fingerprint density at radius 2 is 0.936 bits per heavy atom. The molecule has 1 nitrogen and oxygen atoms in total. The van der Waals surface area contributed by atoms with Gasteiger partial charge in [0.15, 0.2) is 0 Å². The molecule has 1 aromatic heterocycles. The second kappa shape index (κ2) is 10.2. The van der Waals surface area contributed by atoms with Gasteiger partial charge in [0.1, 0.15) is 11.2 Å². The third-order valence-electron chi connectivity index (χ3n) is 8.81. The number of rotatable bonds is 3. The van der Waals surface area contributed by atoms with Crippen LogP contribution in [-0.4, -0.2) is 0 Å². The van der Waals surface area contributed by atoms with E-state index in [0.29, 0.717) is 27.9 Å². The first kappa shape index (κ1) is 15.4. The standard InChI is InChI=1S/C46H28O/c1-3-16-31-29(13-1)15-11-24-34(31)43-36-20-7-9-22-38(36)44(39-23-10-8-21-37(39)43)35-19-6-5-18-33(35)40-25-12-26-41-45-32-17-4-2-14-30(32)27-28-42(45)47-46(40)41/h1-28H/i1D,3D,7D,8D,9D,10D,11D,13D,15D,16D,20D,21D,22D,23D,24D. The van der Waals surface area contributed by atoms with Crippen molar-refractivity contribution in [2.24, 2.45) is 0 Å². The van der Waals surface area contributed by atoms with E-state index in [-0.39, 0.29) is 32.7 Å². The Hall–Kier alpha value is -6.18. The highest BCUT2D eigenvalue weighted by Crippen LogP contribution is 2.48. The summed E-state index contributed by atoms with van der Waals surface area (Å²) in [5, 5.41) is 1.77. The first-order valence-corrected chi connectivity index (χ1v) is 15.0. The molecule has 0 amide bonds. The summed E-state index contributed by atoms with van der Waals surface area (Å²) in [7, 11) is 0. The number of benzene rings is 9. The van der Waals surface area contributed by atoms with Crippen molar-refractivity contribution in [3.05, 3.63) is 169 Å². The third-order valence-corrected chi connectivity index (χ3v) is 8.81. The number of hydrogen-bond donors (Lipinski definition) is 0.